The molecule has 0 unspecified atom stereocenters. The topological polar surface area (TPSA) is 84.3 Å². The molecule has 2 aromatic carbocycles. The van der Waals surface area contributed by atoms with E-state index in [-0.39, 0.29) is 10.8 Å². The second-order valence-electron chi connectivity index (χ2n) is 7.57. The standard InChI is InChI=1S/C22H26N4O3S/c27-22(23-16-18-7-3-1-4-8-18)11-14-25-17-24-20-15-19(9-10-21(20)25)30(28,29)26-12-5-2-6-13-26/h1,3-4,7-10,15,17H,2,5-6,11-14,16H2,(H,23,27). The van der Waals surface area contributed by atoms with E-state index in [0.29, 0.717) is 38.1 Å². The van der Waals surface area contributed by atoms with Crippen molar-refractivity contribution in [1.82, 2.24) is 19.2 Å². The Morgan fingerprint density at radius 3 is 2.57 bits per heavy atom. The van der Waals surface area contributed by atoms with Gasteiger partial charge in [0.05, 0.1) is 22.3 Å². The van der Waals surface area contributed by atoms with Crippen molar-refractivity contribution < 1.29 is 13.2 Å². The van der Waals surface area contributed by atoms with Gasteiger partial charge in [0, 0.05) is 32.6 Å². The molecule has 7 nitrogen and oxygen atoms in total. The molecular formula is C22H26N4O3S. The highest BCUT2D eigenvalue weighted by Crippen LogP contribution is 2.24. The lowest BCUT2D eigenvalue weighted by molar-refractivity contribution is -0.121. The van der Waals surface area contributed by atoms with E-state index in [1.165, 1.54) is 0 Å². The van der Waals surface area contributed by atoms with Crippen molar-refractivity contribution in [2.24, 2.45) is 0 Å². The summed E-state index contributed by atoms with van der Waals surface area (Å²) in [5.74, 6) is -0.0370. The maximum absolute atomic E-state index is 12.9. The summed E-state index contributed by atoms with van der Waals surface area (Å²) in [5.41, 5.74) is 2.50. The van der Waals surface area contributed by atoms with Gasteiger partial charge in [-0.25, -0.2) is 13.4 Å². The second-order valence-corrected chi connectivity index (χ2v) is 9.50. The number of nitrogens with zero attached hydrogens (tertiary/aromatic N) is 3. The molecule has 8 heteroatoms. The molecule has 0 bridgehead atoms. The van der Waals surface area contributed by atoms with Crippen molar-refractivity contribution in [3.63, 3.8) is 0 Å². The molecule has 1 saturated heterocycles. The largest absolute Gasteiger partial charge is 0.352 e. The van der Waals surface area contributed by atoms with Crippen molar-refractivity contribution in [1.29, 1.82) is 0 Å². The summed E-state index contributed by atoms with van der Waals surface area (Å²) >= 11 is 0. The minimum Gasteiger partial charge on any atom is -0.352 e. The molecular weight excluding hydrogens is 400 g/mol. The second kappa shape index (κ2) is 8.97. The summed E-state index contributed by atoms with van der Waals surface area (Å²) in [7, 11) is -3.48. The molecule has 30 heavy (non-hydrogen) atoms. The van der Waals surface area contributed by atoms with Crippen LogP contribution in [0.2, 0.25) is 0 Å². The molecule has 0 aliphatic carbocycles. The molecule has 3 aromatic rings. The van der Waals surface area contributed by atoms with Crippen LogP contribution in [-0.2, 0) is 27.9 Å². The van der Waals surface area contributed by atoms with Crippen LogP contribution in [0.3, 0.4) is 0 Å². The van der Waals surface area contributed by atoms with E-state index in [1.807, 2.05) is 34.9 Å². The van der Waals surface area contributed by atoms with E-state index < -0.39 is 10.0 Å². The number of benzene rings is 2. The highest BCUT2D eigenvalue weighted by Gasteiger charge is 2.26. The lowest BCUT2D eigenvalue weighted by Crippen LogP contribution is -2.35. The normalized spacial score (nSPS) is 15.3. The van der Waals surface area contributed by atoms with Gasteiger partial charge >= 0.3 is 0 Å². The van der Waals surface area contributed by atoms with Gasteiger partial charge in [-0.2, -0.15) is 4.31 Å². The van der Waals surface area contributed by atoms with Crippen molar-refractivity contribution >= 4 is 27.0 Å². The van der Waals surface area contributed by atoms with Crippen LogP contribution < -0.4 is 5.32 Å². The average Bonchev–Trinajstić information content (AvgIpc) is 3.20. The SMILES string of the molecule is O=C(CCn1cnc2cc(S(=O)(=O)N3CCCCC3)ccc21)NCc1ccccc1. The zero-order valence-electron chi connectivity index (χ0n) is 16.8. The summed E-state index contributed by atoms with van der Waals surface area (Å²) in [6, 6.07) is 14.8. The molecule has 1 N–H and O–H groups in total. The number of aryl methyl sites for hydroxylation is 1. The third-order valence-electron chi connectivity index (χ3n) is 5.46. The van der Waals surface area contributed by atoms with Crippen LogP contribution in [0.15, 0.2) is 59.8 Å². The van der Waals surface area contributed by atoms with Crippen LogP contribution in [0.4, 0.5) is 0 Å². The van der Waals surface area contributed by atoms with Crippen LogP contribution in [-0.4, -0.2) is 41.3 Å². The summed E-state index contributed by atoms with van der Waals surface area (Å²) < 4.78 is 29.2. The molecule has 2 heterocycles. The third-order valence-corrected chi connectivity index (χ3v) is 7.35. The number of amides is 1. The quantitative estimate of drug-likeness (QED) is 0.630. The van der Waals surface area contributed by atoms with Gasteiger partial charge in [-0.3, -0.25) is 4.79 Å². The first-order valence-electron chi connectivity index (χ1n) is 10.3. The summed E-state index contributed by atoms with van der Waals surface area (Å²) in [6.07, 6.45) is 4.87. The molecule has 158 valence electrons. The maximum Gasteiger partial charge on any atom is 0.243 e. The van der Waals surface area contributed by atoms with Crippen molar-refractivity contribution in [2.75, 3.05) is 13.1 Å². The van der Waals surface area contributed by atoms with Gasteiger partial charge < -0.3 is 9.88 Å². The zero-order valence-corrected chi connectivity index (χ0v) is 17.6. The molecule has 1 amide bonds. The van der Waals surface area contributed by atoms with E-state index in [0.717, 1.165) is 30.3 Å². The Bertz CT molecular complexity index is 1120. The minimum absolute atomic E-state index is 0.0370. The monoisotopic (exact) mass is 426 g/mol. The fourth-order valence-corrected chi connectivity index (χ4v) is 5.28. The number of carbonyl (C=O) groups excluding carboxylic acids is 1. The molecule has 0 atom stereocenters. The Morgan fingerprint density at radius 2 is 1.80 bits per heavy atom. The third kappa shape index (κ3) is 4.55. The van der Waals surface area contributed by atoms with Crippen LogP contribution >= 0.6 is 0 Å². The van der Waals surface area contributed by atoms with Crippen molar-refractivity contribution in [2.45, 2.75) is 43.7 Å². The van der Waals surface area contributed by atoms with Crippen LogP contribution in [0.25, 0.3) is 11.0 Å². The van der Waals surface area contributed by atoms with Crippen LogP contribution in [0, 0.1) is 0 Å². The first kappa shape index (κ1) is 20.6. The fourth-order valence-electron chi connectivity index (χ4n) is 3.74. The molecule has 1 aromatic heterocycles. The van der Waals surface area contributed by atoms with Crippen molar-refractivity contribution in [3.05, 3.63) is 60.4 Å². The van der Waals surface area contributed by atoms with Gasteiger partial charge in [0.2, 0.25) is 15.9 Å². The molecule has 4 rings (SSSR count). The number of imidazole rings is 1. The number of piperidine rings is 1. The maximum atomic E-state index is 12.9. The van der Waals surface area contributed by atoms with E-state index in [4.69, 9.17) is 0 Å². The minimum atomic E-state index is -3.48. The number of hydrogen-bond donors (Lipinski definition) is 1. The number of sulfonamides is 1. The summed E-state index contributed by atoms with van der Waals surface area (Å²) in [6.45, 7) is 2.14. The molecule has 0 radical (unpaired) electrons. The first-order valence-corrected chi connectivity index (χ1v) is 11.7. The smallest absolute Gasteiger partial charge is 0.243 e. The zero-order chi connectivity index (χ0) is 21.0. The average molecular weight is 427 g/mol. The van der Waals surface area contributed by atoms with Crippen LogP contribution in [0.1, 0.15) is 31.2 Å². The number of carbonyl (C=O) groups is 1. The number of nitrogens with one attached hydrogen (secondary N) is 1. The van der Waals surface area contributed by atoms with Gasteiger partial charge in [-0.05, 0) is 36.6 Å². The molecule has 0 saturated carbocycles. The predicted octanol–water partition coefficient (Wildman–Crippen LogP) is 2.92. The Hall–Kier alpha value is -2.71. The Labute approximate surface area is 176 Å². The van der Waals surface area contributed by atoms with E-state index in [1.54, 1.807) is 28.8 Å². The predicted molar refractivity (Wildman–Crippen MR) is 115 cm³/mol. The highest BCUT2D eigenvalue weighted by molar-refractivity contribution is 7.89. The van der Waals surface area contributed by atoms with Crippen molar-refractivity contribution in [3.8, 4) is 0 Å². The molecule has 1 aliphatic heterocycles. The van der Waals surface area contributed by atoms with E-state index >= 15 is 0 Å². The number of fused-ring (bicyclic) bond motifs is 1. The van der Waals surface area contributed by atoms with Gasteiger partial charge in [0.15, 0.2) is 0 Å². The Morgan fingerprint density at radius 1 is 1.03 bits per heavy atom. The van der Waals surface area contributed by atoms with E-state index in [2.05, 4.69) is 10.3 Å². The number of hydrogen-bond acceptors (Lipinski definition) is 4. The molecule has 1 aliphatic rings. The Kier molecular flexibility index (Phi) is 6.15. The van der Waals surface area contributed by atoms with E-state index in [9.17, 15) is 13.2 Å². The number of aromatic nitrogens is 2. The van der Waals surface area contributed by atoms with Gasteiger partial charge in [-0.15, -0.1) is 0 Å². The molecule has 0 spiro atoms. The van der Waals surface area contributed by atoms with Gasteiger partial charge in [0.25, 0.3) is 0 Å². The van der Waals surface area contributed by atoms with Gasteiger partial charge in [-0.1, -0.05) is 36.8 Å². The fraction of sp³-hybridized carbons (Fsp3) is 0.364. The van der Waals surface area contributed by atoms with Gasteiger partial charge in [0.1, 0.15) is 0 Å². The Balaban J connectivity index is 1.40. The number of rotatable bonds is 7. The highest BCUT2D eigenvalue weighted by atomic mass is 32.2. The summed E-state index contributed by atoms with van der Waals surface area (Å²) in [4.78, 5) is 16.8. The first-order chi connectivity index (χ1) is 14.5. The van der Waals surface area contributed by atoms with Crippen LogP contribution in [0.5, 0.6) is 0 Å². The summed E-state index contributed by atoms with van der Waals surface area (Å²) in [5, 5.41) is 2.92. The lowest BCUT2D eigenvalue weighted by Gasteiger charge is -2.25. The molecule has 1 fully saturated rings. The lowest BCUT2D eigenvalue weighted by atomic mass is 10.2.